The van der Waals surface area contributed by atoms with Crippen molar-refractivity contribution < 1.29 is 9.00 Å². The number of hydrogen-bond donors (Lipinski definition) is 2. The van der Waals surface area contributed by atoms with Crippen molar-refractivity contribution in [3.63, 3.8) is 0 Å². The number of carbonyl (C=O) groups excluding carboxylic acids is 1. The number of thiophene rings is 1. The second kappa shape index (κ2) is 5.88. The van der Waals surface area contributed by atoms with Crippen LogP contribution in [0.5, 0.6) is 0 Å². The van der Waals surface area contributed by atoms with Crippen LogP contribution in [0.1, 0.15) is 19.3 Å². The second-order valence-electron chi connectivity index (χ2n) is 4.21. The lowest BCUT2D eigenvalue weighted by Crippen LogP contribution is -2.41. The summed E-state index contributed by atoms with van der Waals surface area (Å²) in [5, 5.41) is 2.13. The molecule has 1 aromatic heterocycles. The van der Waals surface area contributed by atoms with Crippen LogP contribution in [0.3, 0.4) is 0 Å². The van der Waals surface area contributed by atoms with E-state index in [1.807, 2.05) is 0 Å². The van der Waals surface area contributed by atoms with Gasteiger partial charge in [-0.15, -0.1) is 11.3 Å². The first-order chi connectivity index (χ1) is 8.49. The van der Waals surface area contributed by atoms with Crippen molar-refractivity contribution in [3.05, 3.63) is 15.4 Å². The van der Waals surface area contributed by atoms with Crippen molar-refractivity contribution in [2.75, 3.05) is 0 Å². The molecule has 0 aliphatic heterocycles. The molecule has 0 spiro atoms. The highest BCUT2D eigenvalue weighted by Crippen LogP contribution is 2.34. The topological polar surface area (TPSA) is 72.2 Å². The second-order valence-corrected chi connectivity index (χ2v) is 7.28. The van der Waals surface area contributed by atoms with Gasteiger partial charge in [-0.1, -0.05) is 36.0 Å². The highest BCUT2D eigenvalue weighted by molar-refractivity contribution is 7.86. The maximum absolute atomic E-state index is 11.9. The molecular weight excluding hydrogens is 315 g/mol. The first kappa shape index (κ1) is 14.3. The fourth-order valence-electron chi connectivity index (χ4n) is 1.46. The summed E-state index contributed by atoms with van der Waals surface area (Å²) in [5.74, 6) is 0.125. The lowest BCUT2D eigenvalue weighted by atomic mass is 10.1. The van der Waals surface area contributed by atoms with Gasteiger partial charge in [-0.3, -0.25) is 9.52 Å². The first-order valence-electron chi connectivity index (χ1n) is 5.39. The molecule has 0 aromatic carbocycles. The van der Waals surface area contributed by atoms with E-state index in [1.54, 1.807) is 5.38 Å². The average Bonchev–Trinajstić information content (AvgIpc) is 3.06. The van der Waals surface area contributed by atoms with Gasteiger partial charge in [0.2, 0.25) is 5.91 Å². The molecule has 8 heteroatoms. The first-order valence-corrected chi connectivity index (χ1v) is 8.18. The quantitative estimate of drug-likeness (QED) is 0.872. The van der Waals surface area contributed by atoms with Gasteiger partial charge in [0, 0.05) is 5.38 Å². The molecule has 100 valence electrons. The zero-order valence-corrected chi connectivity index (χ0v) is 12.5. The maximum Gasteiger partial charge on any atom is 0.248 e. The molecule has 2 rings (SSSR count). The van der Waals surface area contributed by atoms with Crippen molar-refractivity contribution in [1.82, 2.24) is 4.72 Å². The molecule has 3 N–H and O–H groups in total. The fraction of sp³-hybridized carbons (Fsp3) is 0.500. The Morgan fingerprint density at radius 1 is 1.61 bits per heavy atom. The number of rotatable bonds is 5. The molecule has 0 bridgehead atoms. The summed E-state index contributed by atoms with van der Waals surface area (Å²) in [4.78, 5) is 11.7. The molecule has 0 unspecified atom stereocenters. The summed E-state index contributed by atoms with van der Waals surface area (Å²) in [6.07, 6.45) is 2.88. The van der Waals surface area contributed by atoms with E-state index in [9.17, 15) is 9.00 Å². The average molecular weight is 327 g/mol. The zero-order chi connectivity index (χ0) is 13.3. The van der Waals surface area contributed by atoms with Crippen molar-refractivity contribution in [3.8, 4) is 0 Å². The molecule has 1 fully saturated rings. The minimum Gasteiger partial charge on any atom is -0.320 e. The van der Waals surface area contributed by atoms with E-state index < -0.39 is 22.9 Å². The van der Waals surface area contributed by atoms with Gasteiger partial charge < -0.3 is 5.73 Å². The molecule has 1 aliphatic rings. The van der Waals surface area contributed by atoms with Gasteiger partial charge in [0.05, 0.1) is 16.1 Å². The summed E-state index contributed by atoms with van der Waals surface area (Å²) in [6, 6.07) is -0.615. The van der Waals surface area contributed by atoms with Crippen LogP contribution in [0.4, 0.5) is 0 Å². The number of carbonyl (C=O) groups is 1. The van der Waals surface area contributed by atoms with Crippen LogP contribution in [0.15, 0.2) is 9.59 Å². The van der Waals surface area contributed by atoms with Crippen molar-refractivity contribution in [2.24, 2.45) is 11.7 Å². The van der Waals surface area contributed by atoms with E-state index in [0.717, 1.165) is 24.2 Å². The van der Waals surface area contributed by atoms with Gasteiger partial charge in [0.1, 0.15) is 4.21 Å². The Morgan fingerprint density at radius 2 is 2.28 bits per heavy atom. The number of nitrogens with two attached hydrogens (primary N) is 1. The molecule has 0 saturated heterocycles. The normalized spacial score (nSPS) is 18.4. The molecule has 1 heterocycles. The minimum atomic E-state index is -1.70. The summed E-state index contributed by atoms with van der Waals surface area (Å²) in [7, 11) is -1.70. The largest absolute Gasteiger partial charge is 0.320 e. The Morgan fingerprint density at radius 3 is 2.78 bits per heavy atom. The van der Waals surface area contributed by atoms with E-state index >= 15 is 0 Å². The van der Waals surface area contributed by atoms with Crippen LogP contribution >= 0.6 is 34.5 Å². The van der Waals surface area contributed by atoms with Gasteiger partial charge in [-0.05, 0) is 12.3 Å². The molecule has 2 atom stereocenters. The lowest BCUT2D eigenvalue weighted by molar-refractivity contribution is -0.120. The predicted molar refractivity (Wildman–Crippen MR) is 74.2 cm³/mol. The fourth-order valence-corrected chi connectivity index (χ4v) is 4.13. The third-order valence-electron chi connectivity index (χ3n) is 2.64. The third kappa shape index (κ3) is 3.45. The Balaban J connectivity index is 1.93. The highest BCUT2D eigenvalue weighted by atomic mass is 35.5. The SMILES string of the molecule is N[C@H](CC1CC1)C(=O)N[S@@](=O)c1scc(Cl)c1Cl. The van der Waals surface area contributed by atoms with Gasteiger partial charge in [-0.25, -0.2) is 4.21 Å². The van der Waals surface area contributed by atoms with Crippen molar-refractivity contribution >= 4 is 51.4 Å². The van der Waals surface area contributed by atoms with Crippen LogP contribution in [-0.4, -0.2) is 16.2 Å². The molecule has 1 aliphatic carbocycles. The Bertz CT molecular complexity index is 488. The highest BCUT2D eigenvalue weighted by Gasteiger charge is 2.28. The monoisotopic (exact) mass is 326 g/mol. The van der Waals surface area contributed by atoms with E-state index in [-0.39, 0.29) is 5.02 Å². The van der Waals surface area contributed by atoms with Crippen LogP contribution in [0, 0.1) is 5.92 Å². The molecule has 1 saturated carbocycles. The van der Waals surface area contributed by atoms with E-state index in [2.05, 4.69) is 4.72 Å². The Labute approximate surface area is 121 Å². The van der Waals surface area contributed by atoms with Gasteiger partial charge in [0.25, 0.3) is 0 Å². The number of halogens is 2. The van der Waals surface area contributed by atoms with E-state index in [1.165, 1.54) is 0 Å². The van der Waals surface area contributed by atoms with Crippen LogP contribution in [0.2, 0.25) is 10.0 Å². The molecular formula is C10H12Cl2N2O2S2. The zero-order valence-electron chi connectivity index (χ0n) is 9.32. The summed E-state index contributed by atoms with van der Waals surface area (Å²) in [5.41, 5.74) is 5.73. The molecule has 4 nitrogen and oxygen atoms in total. The molecule has 1 aromatic rings. The summed E-state index contributed by atoms with van der Waals surface area (Å²) < 4.78 is 14.6. The summed E-state index contributed by atoms with van der Waals surface area (Å²) >= 11 is 12.8. The molecule has 1 amide bonds. The third-order valence-corrected chi connectivity index (χ3v) is 6.22. The number of amides is 1. The minimum absolute atomic E-state index is 0.219. The predicted octanol–water partition coefficient (Wildman–Crippen LogP) is 2.32. The lowest BCUT2D eigenvalue weighted by Gasteiger charge is -2.10. The van der Waals surface area contributed by atoms with Crippen molar-refractivity contribution in [1.29, 1.82) is 0 Å². The molecule has 18 heavy (non-hydrogen) atoms. The van der Waals surface area contributed by atoms with Crippen molar-refractivity contribution in [2.45, 2.75) is 29.5 Å². The molecule has 0 radical (unpaired) electrons. The number of hydrogen-bond acceptors (Lipinski definition) is 4. The van der Waals surface area contributed by atoms with Crippen LogP contribution in [-0.2, 0) is 15.8 Å². The maximum atomic E-state index is 11.9. The van der Waals surface area contributed by atoms with Gasteiger partial charge >= 0.3 is 0 Å². The smallest absolute Gasteiger partial charge is 0.248 e. The Kier molecular flexibility index (Phi) is 4.66. The number of nitrogens with one attached hydrogen (secondary N) is 1. The van der Waals surface area contributed by atoms with E-state index in [0.29, 0.717) is 21.6 Å². The van der Waals surface area contributed by atoms with Gasteiger partial charge in [-0.2, -0.15) is 0 Å². The van der Waals surface area contributed by atoms with Gasteiger partial charge in [0.15, 0.2) is 11.0 Å². The standard InChI is InChI=1S/C10H12Cl2N2O2S2/c11-6-4-17-10(8(6)12)18(16)14-9(15)7(13)3-5-1-2-5/h4-5,7H,1-3,13H2,(H,14,15)/t7-,18+/m1/s1. The van der Waals surface area contributed by atoms with Crippen LogP contribution < -0.4 is 10.5 Å². The Hall–Kier alpha value is -0.140. The van der Waals surface area contributed by atoms with E-state index in [4.69, 9.17) is 28.9 Å². The summed E-state index contributed by atoms with van der Waals surface area (Å²) in [6.45, 7) is 0. The van der Waals surface area contributed by atoms with Crippen LogP contribution in [0.25, 0.3) is 0 Å².